The average molecular weight is 423 g/mol. The summed E-state index contributed by atoms with van der Waals surface area (Å²) in [5.74, 6) is -0.0628. The highest BCUT2D eigenvalue weighted by Crippen LogP contribution is 2.27. The number of benzene rings is 3. The molecular formula is C25H27ClN2O2. The maximum atomic E-state index is 12.9. The maximum absolute atomic E-state index is 12.9. The minimum absolute atomic E-state index is 0.0628. The lowest BCUT2D eigenvalue weighted by Gasteiger charge is -2.14. The molecule has 156 valence electrons. The molecule has 0 amide bonds. The van der Waals surface area contributed by atoms with Crippen LogP contribution in [0.25, 0.3) is 0 Å². The van der Waals surface area contributed by atoms with Crippen LogP contribution >= 0.6 is 11.6 Å². The first kappa shape index (κ1) is 22.0. The molecule has 30 heavy (non-hydrogen) atoms. The summed E-state index contributed by atoms with van der Waals surface area (Å²) in [6.45, 7) is 4.33. The molecule has 3 aromatic rings. The number of ether oxygens (including phenoxy) is 1. The van der Waals surface area contributed by atoms with Gasteiger partial charge in [0, 0.05) is 36.2 Å². The SMILES string of the molecule is COCCNCCc1ccccc1Nc1ccc(C(=O)c2ccccc2C)c(Cl)c1. The monoisotopic (exact) mass is 422 g/mol. The van der Waals surface area contributed by atoms with Crippen LogP contribution < -0.4 is 10.6 Å². The lowest BCUT2D eigenvalue weighted by Crippen LogP contribution is -2.21. The summed E-state index contributed by atoms with van der Waals surface area (Å²) in [7, 11) is 1.70. The molecule has 0 aliphatic heterocycles. The quantitative estimate of drug-likeness (QED) is 0.339. The summed E-state index contributed by atoms with van der Waals surface area (Å²) in [6.07, 6.45) is 0.893. The first-order valence-corrected chi connectivity index (χ1v) is 10.4. The Morgan fingerprint density at radius 1 is 0.967 bits per heavy atom. The van der Waals surface area contributed by atoms with Crippen molar-refractivity contribution in [2.24, 2.45) is 0 Å². The Kier molecular flexibility index (Phi) is 8.03. The molecule has 0 saturated carbocycles. The molecule has 0 spiro atoms. The number of methoxy groups -OCH3 is 1. The van der Waals surface area contributed by atoms with E-state index in [0.29, 0.717) is 22.8 Å². The van der Waals surface area contributed by atoms with E-state index in [1.165, 1.54) is 5.56 Å². The van der Waals surface area contributed by atoms with Gasteiger partial charge in [0.05, 0.1) is 11.6 Å². The maximum Gasteiger partial charge on any atom is 0.194 e. The van der Waals surface area contributed by atoms with Crippen LogP contribution in [0.5, 0.6) is 0 Å². The molecule has 2 N–H and O–H groups in total. The minimum Gasteiger partial charge on any atom is -0.383 e. The van der Waals surface area contributed by atoms with Crippen molar-refractivity contribution in [3.63, 3.8) is 0 Å². The zero-order valence-corrected chi connectivity index (χ0v) is 18.1. The number of carbonyl (C=O) groups excluding carboxylic acids is 1. The fourth-order valence-corrected chi connectivity index (χ4v) is 3.55. The van der Waals surface area contributed by atoms with Gasteiger partial charge in [0.2, 0.25) is 0 Å². The Labute approximate surface area is 183 Å². The van der Waals surface area contributed by atoms with E-state index in [9.17, 15) is 4.79 Å². The van der Waals surface area contributed by atoms with Gasteiger partial charge < -0.3 is 15.4 Å². The van der Waals surface area contributed by atoms with Gasteiger partial charge in [-0.2, -0.15) is 0 Å². The standard InChI is InChI=1S/C25H27ClN2O2/c1-18-7-3-5-9-21(18)25(29)22-12-11-20(17-23(22)26)28-24-10-6-4-8-19(24)13-14-27-15-16-30-2/h3-12,17,27-28H,13-16H2,1-2H3. The van der Waals surface area contributed by atoms with Crippen molar-refractivity contribution in [2.75, 3.05) is 32.1 Å². The second-order valence-electron chi connectivity index (χ2n) is 7.11. The summed E-state index contributed by atoms with van der Waals surface area (Å²) in [4.78, 5) is 12.9. The molecule has 0 aromatic heterocycles. The summed E-state index contributed by atoms with van der Waals surface area (Å²) >= 11 is 6.48. The molecule has 0 fully saturated rings. The predicted octanol–water partition coefficient (Wildman–Crippen LogP) is 5.40. The third-order valence-electron chi connectivity index (χ3n) is 4.95. The van der Waals surface area contributed by atoms with Gasteiger partial charge in [-0.15, -0.1) is 0 Å². The first-order chi connectivity index (χ1) is 14.6. The molecule has 3 aromatic carbocycles. The fraction of sp³-hybridized carbons (Fsp3) is 0.240. The van der Waals surface area contributed by atoms with Crippen LogP contribution in [0.2, 0.25) is 5.02 Å². The number of para-hydroxylation sites is 1. The summed E-state index contributed by atoms with van der Waals surface area (Å²) in [5.41, 5.74) is 5.20. The average Bonchev–Trinajstić information content (AvgIpc) is 2.75. The normalized spacial score (nSPS) is 10.8. The minimum atomic E-state index is -0.0628. The molecular weight excluding hydrogens is 396 g/mol. The number of carbonyl (C=O) groups is 1. The van der Waals surface area contributed by atoms with Gasteiger partial charge in [0.1, 0.15) is 0 Å². The Balaban J connectivity index is 1.72. The molecule has 0 unspecified atom stereocenters. The van der Waals surface area contributed by atoms with E-state index in [-0.39, 0.29) is 5.78 Å². The third-order valence-corrected chi connectivity index (χ3v) is 5.27. The summed E-state index contributed by atoms with van der Waals surface area (Å²) < 4.78 is 5.06. The molecule has 0 radical (unpaired) electrons. The van der Waals surface area contributed by atoms with Crippen LogP contribution in [0.1, 0.15) is 27.0 Å². The van der Waals surface area contributed by atoms with Crippen molar-refractivity contribution in [3.8, 4) is 0 Å². The van der Waals surface area contributed by atoms with Crippen molar-refractivity contribution < 1.29 is 9.53 Å². The molecule has 0 aliphatic carbocycles. The predicted molar refractivity (Wildman–Crippen MR) is 124 cm³/mol. The second-order valence-corrected chi connectivity index (χ2v) is 7.52. The number of aryl methyl sites for hydroxylation is 1. The highest BCUT2D eigenvalue weighted by Gasteiger charge is 2.15. The van der Waals surface area contributed by atoms with Crippen molar-refractivity contribution in [1.82, 2.24) is 5.32 Å². The van der Waals surface area contributed by atoms with Crippen LogP contribution in [-0.4, -0.2) is 32.6 Å². The molecule has 0 aliphatic rings. The number of hydrogen-bond donors (Lipinski definition) is 2. The topological polar surface area (TPSA) is 50.4 Å². The van der Waals surface area contributed by atoms with Gasteiger partial charge in [0.15, 0.2) is 5.78 Å². The van der Waals surface area contributed by atoms with Gasteiger partial charge in [-0.3, -0.25) is 4.79 Å². The highest BCUT2D eigenvalue weighted by atomic mass is 35.5. The first-order valence-electron chi connectivity index (χ1n) is 10.0. The van der Waals surface area contributed by atoms with Crippen LogP contribution in [0.15, 0.2) is 66.7 Å². The van der Waals surface area contributed by atoms with Gasteiger partial charge >= 0.3 is 0 Å². The largest absolute Gasteiger partial charge is 0.383 e. The lowest BCUT2D eigenvalue weighted by molar-refractivity contribution is 0.103. The number of ketones is 1. The van der Waals surface area contributed by atoms with Crippen LogP contribution in [0, 0.1) is 6.92 Å². The number of hydrogen-bond acceptors (Lipinski definition) is 4. The van der Waals surface area contributed by atoms with E-state index in [2.05, 4.69) is 16.7 Å². The van der Waals surface area contributed by atoms with Crippen molar-refractivity contribution in [3.05, 3.63) is 94.0 Å². The van der Waals surface area contributed by atoms with E-state index in [1.807, 2.05) is 55.5 Å². The van der Waals surface area contributed by atoms with E-state index in [0.717, 1.165) is 36.4 Å². The highest BCUT2D eigenvalue weighted by molar-refractivity contribution is 6.35. The smallest absolute Gasteiger partial charge is 0.194 e. The molecule has 3 rings (SSSR count). The van der Waals surface area contributed by atoms with Gasteiger partial charge in [0.25, 0.3) is 0 Å². The number of nitrogens with one attached hydrogen (secondary N) is 2. The molecule has 0 bridgehead atoms. The Hall–Kier alpha value is -2.66. The van der Waals surface area contributed by atoms with E-state index >= 15 is 0 Å². The van der Waals surface area contributed by atoms with Gasteiger partial charge in [-0.25, -0.2) is 0 Å². The molecule has 0 atom stereocenters. The third kappa shape index (κ3) is 5.70. The lowest BCUT2D eigenvalue weighted by atomic mass is 9.99. The number of rotatable bonds is 10. The second kappa shape index (κ2) is 10.9. The summed E-state index contributed by atoms with van der Waals surface area (Å²) in [6, 6.07) is 21.2. The van der Waals surface area contributed by atoms with Crippen LogP contribution in [0.3, 0.4) is 0 Å². The zero-order valence-electron chi connectivity index (χ0n) is 17.4. The molecule has 4 nitrogen and oxygen atoms in total. The van der Waals surface area contributed by atoms with E-state index in [4.69, 9.17) is 16.3 Å². The van der Waals surface area contributed by atoms with Gasteiger partial charge in [-0.05, 0) is 55.3 Å². The number of halogens is 1. The van der Waals surface area contributed by atoms with Crippen LogP contribution in [-0.2, 0) is 11.2 Å². The Bertz CT molecular complexity index is 1000. The van der Waals surface area contributed by atoms with Crippen molar-refractivity contribution in [1.29, 1.82) is 0 Å². The zero-order chi connectivity index (χ0) is 21.3. The van der Waals surface area contributed by atoms with Crippen LogP contribution in [0.4, 0.5) is 11.4 Å². The Morgan fingerprint density at radius 2 is 1.73 bits per heavy atom. The van der Waals surface area contributed by atoms with Crippen molar-refractivity contribution >= 4 is 28.8 Å². The summed E-state index contributed by atoms with van der Waals surface area (Å²) in [5, 5.41) is 7.24. The molecule has 0 saturated heterocycles. The van der Waals surface area contributed by atoms with E-state index < -0.39 is 0 Å². The molecule has 0 heterocycles. The van der Waals surface area contributed by atoms with E-state index in [1.54, 1.807) is 19.2 Å². The fourth-order valence-electron chi connectivity index (χ4n) is 3.29. The Morgan fingerprint density at radius 3 is 2.50 bits per heavy atom. The van der Waals surface area contributed by atoms with Crippen molar-refractivity contribution in [2.45, 2.75) is 13.3 Å². The molecule has 5 heteroatoms. The number of anilines is 2. The van der Waals surface area contributed by atoms with Gasteiger partial charge in [-0.1, -0.05) is 54.1 Å².